The van der Waals surface area contributed by atoms with Gasteiger partial charge in [-0.25, -0.2) is 0 Å². The van der Waals surface area contributed by atoms with Crippen LogP contribution in [0, 0.1) is 11.8 Å². The van der Waals surface area contributed by atoms with Gasteiger partial charge in [0.05, 0.1) is 24.1 Å². The maximum Gasteiger partial charge on any atom is 0.238 e. The van der Waals surface area contributed by atoms with E-state index in [1.807, 2.05) is 53.4 Å². The summed E-state index contributed by atoms with van der Waals surface area (Å²) >= 11 is 0. The Hall–Kier alpha value is -2.69. The van der Waals surface area contributed by atoms with Crippen molar-refractivity contribution in [1.82, 2.24) is 9.78 Å². The van der Waals surface area contributed by atoms with Crippen molar-refractivity contribution in [2.24, 2.45) is 11.8 Å². The fourth-order valence-corrected chi connectivity index (χ4v) is 3.43. The Morgan fingerprint density at radius 1 is 1.04 bits per heavy atom. The van der Waals surface area contributed by atoms with Crippen molar-refractivity contribution in [1.29, 1.82) is 0 Å². The first-order chi connectivity index (χ1) is 11.2. The van der Waals surface area contributed by atoms with E-state index in [9.17, 15) is 9.59 Å². The van der Waals surface area contributed by atoms with Gasteiger partial charge >= 0.3 is 0 Å². The van der Waals surface area contributed by atoms with Crippen molar-refractivity contribution in [3.63, 3.8) is 0 Å². The molecule has 1 fully saturated rings. The molecule has 1 aliphatic heterocycles. The number of hydrogen-bond acceptors (Lipinski definition) is 3. The van der Waals surface area contributed by atoms with E-state index in [2.05, 4.69) is 5.10 Å². The Morgan fingerprint density at radius 3 is 2.43 bits per heavy atom. The van der Waals surface area contributed by atoms with Gasteiger partial charge in [-0.3, -0.25) is 19.2 Å². The van der Waals surface area contributed by atoms with Crippen LogP contribution in [0.4, 0.5) is 5.69 Å². The summed E-state index contributed by atoms with van der Waals surface area (Å²) in [6.45, 7) is 0.617. The largest absolute Gasteiger partial charge is 0.274 e. The maximum absolute atomic E-state index is 12.6. The van der Waals surface area contributed by atoms with Crippen molar-refractivity contribution in [2.45, 2.75) is 19.4 Å². The molecule has 0 spiro atoms. The molecule has 2 aliphatic rings. The molecule has 1 aromatic heterocycles. The van der Waals surface area contributed by atoms with Gasteiger partial charge in [0.1, 0.15) is 0 Å². The molecule has 116 valence electrons. The number of carbonyl (C=O) groups excluding carboxylic acids is 2. The summed E-state index contributed by atoms with van der Waals surface area (Å²) in [7, 11) is 0. The van der Waals surface area contributed by atoms with Crippen LogP contribution in [0.3, 0.4) is 0 Å². The molecule has 1 saturated heterocycles. The lowest BCUT2D eigenvalue weighted by Gasteiger charge is -2.16. The van der Waals surface area contributed by atoms with Crippen LogP contribution in [0.25, 0.3) is 0 Å². The number of imide groups is 1. The fraction of sp³-hybridized carbons (Fsp3) is 0.278. The molecule has 0 radical (unpaired) electrons. The molecule has 5 heteroatoms. The highest BCUT2D eigenvalue weighted by atomic mass is 16.2. The minimum absolute atomic E-state index is 0.0689. The van der Waals surface area contributed by atoms with E-state index in [1.54, 1.807) is 6.20 Å². The summed E-state index contributed by atoms with van der Waals surface area (Å²) in [4.78, 5) is 26.6. The number of benzene rings is 1. The summed E-state index contributed by atoms with van der Waals surface area (Å²) in [5.41, 5.74) is 1.68. The Labute approximate surface area is 134 Å². The van der Waals surface area contributed by atoms with Gasteiger partial charge in [0.2, 0.25) is 11.8 Å². The monoisotopic (exact) mass is 307 g/mol. The van der Waals surface area contributed by atoms with E-state index in [0.717, 1.165) is 5.56 Å². The van der Waals surface area contributed by atoms with E-state index >= 15 is 0 Å². The zero-order valence-corrected chi connectivity index (χ0v) is 12.6. The highest BCUT2D eigenvalue weighted by Crippen LogP contribution is 2.37. The average Bonchev–Trinajstić information content (AvgIpc) is 3.16. The number of hydrogen-bond donors (Lipinski definition) is 0. The van der Waals surface area contributed by atoms with Crippen LogP contribution in [0.2, 0.25) is 0 Å². The Bertz CT molecular complexity index is 753. The number of amides is 2. The number of fused-ring (bicyclic) bond motifs is 1. The number of anilines is 1. The van der Waals surface area contributed by atoms with E-state index in [-0.39, 0.29) is 23.7 Å². The standard InChI is InChI=1S/C18H17N3O2/c22-17-15-7-1-2-8-16(15)18(23)21(17)14-6-3-5-13(11-14)12-20-10-4-9-19-20/h1-6,9-11,15-16H,7-8,12H2/t15-,16-/m0/s1. The third-order valence-electron chi connectivity index (χ3n) is 4.58. The normalized spacial score (nSPS) is 23.4. The first-order valence-corrected chi connectivity index (χ1v) is 7.83. The van der Waals surface area contributed by atoms with Crippen molar-refractivity contribution < 1.29 is 9.59 Å². The van der Waals surface area contributed by atoms with Crippen LogP contribution < -0.4 is 4.90 Å². The Balaban J connectivity index is 1.63. The molecule has 4 rings (SSSR count). The van der Waals surface area contributed by atoms with Gasteiger partial charge in [0, 0.05) is 12.4 Å². The second-order valence-corrected chi connectivity index (χ2v) is 6.04. The molecule has 2 atom stereocenters. The SMILES string of the molecule is O=C1[C@H]2CC=CC[C@@H]2C(=O)N1c1cccc(Cn2cccn2)c1. The Morgan fingerprint density at radius 2 is 1.78 bits per heavy atom. The van der Waals surface area contributed by atoms with Crippen LogP contribution in [0.5, 0.6) is 0 Å². The third-order valence-corrected chi connectivity index (χ3v) is 4.58. The molecule has 2 aromatic rings. The molecule has 2 heterocycles. The van der Waals surface area contributed by atoms with Gasteiger partial charge < -0.3 is 0 Å². The van der Waals surface area contributed by atoms with Gasteiger partial charge in [-0.15, -0.1) is 0 Å². The molecule has 0 unspecified atom stereocenters. The van der Waals surface area contributed by atoms with Crippen LogP contribution in [-0.2, 0) is 16.1 Å². The maximum atomic E-state index is 12.6. The summed E-state index contributed by atoms with van der Waals surface area (Å²) in [5, 5.41) is 4.19. The van der Waals surface area contributed by atoms with Crippen molar-refractivity contribution >= 4 is 17.5 Å². The van der Waals surface area contributed by atoms with Crippen molar-refractivity contribution in [2.75, 3.05) is 4.90 Å². The van der Waals surface area contributed by atoms with Crippen LogP contribution in [0.15, 0.2) is 54.9 Å². The summed E-state index contributed by atoms with van der Waals surface area (Å²) in [5.74, 6) is -0.522. The molecule has 23 heavy (non-hydrogen) atoms. The molecular weight excluding hydrogens is 290 g/mol. The minimum Gasteiger partial charge on any atom is -0.274 e. The predicted octanol–water partition coefficient (Wildman–Crippen LogP) is 2.39. The molecule has 1 aliphatic carbocycles. The molecule has 1 aromatic carbocycles. The van der Waals surface area contributed by atoms with Crippen molar-refractivity contribution in [3.05, 3.63) is 60.4 Å². The van der Waals surface area contributed by atoms with E-state index in [1.165, 1.54) is 4.90 Å². The van der Waals surface area contributed by atoms with Gasteiger partial charge in [-0.1, -0.05) is 24.3 Å². The number of carbonyl (C=O) groups is 2. The fourth-order valence-electron chi connectivity index (χ4n) is 3.43. The lowest BCUT2D eigenvalue weighted by molar-refractivity contribution is -0.122. The summed E-state index contributed by atoms with van der Waals surface area (Å²) in [6, 6.07) is 9.46. The molecule has 0 N–H and O–H groups in total. The molecule has 5 nitrogen and oxygen atoms in total. The first-order valence-electron chi connectivity index (χ1n) is 7.83. The molecule has 0 bridgehead atoms. The van der Waals surface area contributed by atoms with Crippen LogP contribution in [-0.4, -0.2) is 21.6 Å². The highest BCUT2D eigenvalue weighted by Gasteiger charge is 2.47. The predicted molar refractivity (Wildman–Crippen MR) is 85.6 cm³/mol. The van der Waals surface area contributed by atoms with Gasteiger partial charge in [0.15, 0.2) is 0 Å². The number of allylic oxidation sites excluding steroid dienone is 2. The smallest absolute Gasteiger partial charge is 0.238 e. The lowest BCUT2D eigenvalue weighted by atomic mass is 9.85. The molecule has 2 amide bonds. The van der Waals surface area contributed by atoms with Crippen LogP contribution >= 0.6 is 0 Å². The zero-order valence-electron chi connectivity index (χ0n) is 12.6. The van der Waals surface area contributed by atoms with E-state index in [0.29, 0.717) is 25.1 Å². The Kier molecular flexibility index (Phi) is 3.33. The number of rotatable bonds is 3. The van der Waals surface area contributed by atoms with Crippen molar-refractivity contribution in [3.8, 4) is 0 Å². The van der Waals surface area contributed by atoms with E-state index in [4.69, 9.17) is 0 Å². The topological polar surface area (TPSA) is 55.2 Å². The first kappa shape index (κ1) is 13.9. The van der Waals surface area contributed by atoms with E-state index < -0.39 is 0 Å². The molecule has 0 saturated carbocycles. The van der Waals surface area contributed by atoms with Gasteiger partial charge in [-0.2, -0.15) is 5.10 Å². The van der Waals surface area contributed by atoms with Gasteiger partial charge in [-0.05, 0) is 36.6 Å². The summed E-state index contributed by atoms with van der Waals surface area (Å²) in [6.07, 6.45) is 8.96. The average molecular weight is 307 g/mol. The number of nitrogens with zero attached hydrogens (tertiary/aromatic N) is 3. The highest BCUT2D eigenvalue weighted by molar-refractivity contribution is 6.22. The van der Waals surface area contributed by atoms with Gasteiger partial charge in [0.25, 0.3) is 0 Å². The second kappa shape index (κ2) is 5.50. The quantitative estimate of drug-likeness (QED) is 0.646. The van der Waals surface area contributed by atoms with Crippen LogP contribution in [0.1, 0.15) is 18.4 Å². The lowest BCUT2D eigenvalue weighted by Crippen LogP contribution is -2.30. The third kappa shape index (κ3) is 2.38. The summed E-state index contributed by atoms with van der Waals surface area (Å²) < 4.78 is 1.82. The second-order valence-electron chi connectivity index (χ2n) is 6.04. The number of aromatic nitrogens is 2. The minimum atomic E-state index is -0.192. The molecular formula is C18H17N3O2. The zero-order chi connectivity index (χ0) is 15.8.